The molecule has 1 aliphatic heterocycles. The molecule has 0 bridgehead atoms. The Morgan fingerprint density at radius 2 is 1.80 bits per heavy atom. The highest BCUT2D eigenvalue weighted by molar-refractivity contribution is 5.95. The molecular weight excluding hydrogens is 524 g/mol. The second kappa shape index (κ2) is 10.9. The van der Waals surface area contributed by atoms with Gasteiger partial charge in [0, 0.05) is 31.1 Å². The average molecular weight is 557 g/mol. The molecule has 1 aliphatic carbocycles. The van der Waals surface area contributed by atoms with Crippen LogP contribution in [0.15, 0.2) is 65.8 Å². The van der Waals surface area contributed by atoms with Gasteiger partial charge in [0.05, 0.1) is 30.6 Å². The topological polar surface area (TPSA) is 143 Å². The van der Waals surface area contributed by atoms with E-state index < -0.39 is 5.60 Å². The summed E-state index contributed by atoms with van der Waals surface area (Å²) in [7, 11) is 0. The number of hydrogen-bond donors (Lipinski definition) is 3. The molecule has 2 aliphatic rings. The molecular formula is C30H32N6O5. The minimum atomic E-state index is -1.08. The maximum absolute atomic E-state index is 13.3. The average Bonchev–Trinajstić information content (AvgIpc) is 3.76. The van der Waals surface area contributed by atoms with E-state index in [1.165, 1.54) is 17.1 Å². The van der Waals surface area contributed by atoms with Crippen molar-refractivity contribution >= 4 is 22.8 Å². The van der Waals surface area contributed by atoms with E-state index in [4.69, 9.17) is 5.11 Å². The van der Waals surface area contributed by atoms with Crippen LogP contribution in [0.3, 0.4) is 0 Å². The number of nitrogens with one attached hydrogen (secondary N) is 1. The number of nitrogens with zero attached hydrogens (tertiary/aromatic N) is 5. The molecule has 3 N–H and O–H groups in total. The zero-order valence-electron chi connectivity index (χ0n) is 22.6. The number of carbonyl (C=O) groups is 2. The molecule has 0 atom stereocenters. The first-order valence-corrected chi connectivity index (χ1v) is 13.9. The second-order valence-electron chi connectivity index (χ2n) is 10.9. The first-order valence-electron chi connectivity index (χ1n) is 13.9. The van der Waals surface area contributed by atoms with Crippen LogP contribution in [0.1, 0.15) is 36.0 Å². The number of aliphatic hydroxyl groups excluding tert-OH is 1. The Morgan fingerprint density at radius 1 is 1.05 bits per heavy atom. The summed E-state index contributed by atoms with van der Waals surface area (Å²) in [5.74, 6) is 0.0897. The van der Waals surface area contributed by atoms with E-state index in [-0.39, 0.29) is 43.0 Å². The Hall–Kier alpha value is -4.35. The van der Waals surface area contributed by atoms with Crippen molar-refractivity contribution < 1.29 is 19.8 Å². The van der Waals surface area contributed by atoms with Crippen LogP contribution in [0.4, 0.5) is 0 Å². The number of rotatable bonds is 8. The summed E-state index contributed by atoms with van der Waals surface area (Å²) in [5.41, 5.74) is 2.03. The van der Waals surface area contributed by atoms with Gasteiger partial charge in [-0.25, -0.2) is 9.67 Å². The van der Waals surface area contributed by atoms with Gasteiger partial charge in [-0.2, -0.15) is 5.10 Å². The van der Waals surface area contributed by atoms with Gasteiger partial charge in [0.25, 0.3) is 11.5 Å². The van der Waals surface area contributed by atoms with Gasteiger partial charge in [-0.05, 0) is 61.1 Å². The summed E-state index contributed by atoms with van der Waals surface area (Å²) in [6, 6.07) is 14.8. The highest BCUT2D eigenvalue weighted by atomic mass is 16.3. The molecule has 1 saturated carbocycles. The van der Waals surface area contributed by atoms with Crippen molar-refractivity contribution in [2.24, 2.45) is 5.92 Å². The fourth-order valence-electron chi connectivity index (χ4n) is 5.36. The predicted octanol–water partition coefficient (Wildman–Crippen LogP) is 1.73. The van der Waals surface area contributed by atoms with Gasteiger partial charge in [0.2, 0.25) is 5.91 Å². The van der Waals surface area contributed by atoms with Crippen molar-refractivity contribution in [3.8, 4) is 16.8 Å². The number of fused-ring (bicyclic) bond motifs is 1. The van der Waals surface area contributed by atoms with Gasteiger partial charge in [0.15, 0.2) is 5.65 Å². The SMILES string of the molecule is O=C(NCCO)c1cccc(-c2ccc(-n3ncc4c(=O)n(CC5(O)CCN(C(=O)C6CC6)CC5)cnc43)cc2)c1. The number of aromatic nitrogens is 4. The van der Waals surface area contributed by atoms with Crippen LogP contribution in [-0.2, 0) is 11.3 Å². The van der Waals surface area contributed by atoms with Crippen molar-refractivity contribution in [3.63, 3.8) is 0 Å². The minimum absolute atomic E-state index is 0.108. The molecule has 2 aromatic carbocycles. The zero-order chi connectivity index (χ0) is 28.6. The van der Waals surface area contributed by atoms with Crippen LogP contribution in [0.2, 0.25) is 0 Å². The third-order valence-electron chi connectivity index (χ3n) is 7.92. The van der Waals surface area contributed by atoms with Crippen molar-refractivity contribution in [1.29, 1.82) is 0 Å². The molecule has 4 aromatic rings. The molecule has 11 nitrogen and oxygen atoms in total. The van der Waals surface area contributed by atoms with Crippen LogP contribution in [-0.4, -0.2) is 78.1 Å². The summed E-state index contributed by atoms with van der Waals surface area (Å²) < 4.78 is 3.03. The zero-order valence-corrected chi connectivity index (χ0v) is 22.6. The second-order valence-corrected chi connectivity index (χ2v) is 10.9. The maximum Gasteiger partial charge on any atom is 0.264 e. The van der Waals surface area contributed by atoms with Crippen LogP contribution in [0.25, 0.3) is 27.8 Å². The lowest BCUT2D eigenvalue weighted by Gasteiger charge is -2.38. The lowest BCUT2D eigenvalue weighted by Crippen LogP contribution is -2.50. The molecule has 2 fully saturated rings. The first-order chi connectivity index (χ1) is 19.8. The van der Waals surface area contributed by atoms with Gasteiger partial charge in [-0.1, -0.05) is 24.3 Å². The number of carbonyl (C=O) groups excluding carboxylic acids is 2. The monoisotopic (exact) mass is 556 g/mol. The number of hydrogen-bond acceptors (Lipinski definition) is 7. The lowest BCUT2D eigenvalue weighted by molar-refractivity contribution is -0.137. The normalized spacial score (nSPS) is 16.6. The number of aliphatic hydroxyl groups is 2. The van der Waals surface area contributed by atoms with Crippen LogP contribution < -0.4 is 10.9 Å². The van der Waals surface area contributed by atoms with E-state index in [1.54, 1.807) is 22.9 Å². The van der Waals surface area contributed by atoms with Crippen LogP contribution in [0, 0.1) is 5.92 Å². The van der Waals surface area contributed by atoms with E-state index in [2.05, 4.69) is 15.4 Å². The summed E-state index contributed by atoms with van der Waals surface area (Å²) in [6.45, 7) is 1.16. The standard InChI is InChI=1S/C30H32N6O5/c37-15-12-31-27(38)23-3-1-2-22(16-23)20-6-8-24(9-7-20)36-26-25(17-33-36)29(40)35(19-32-26)18-30(41)10-13-34(14-11-30)28(39)21-4-5-21/h1-3,6-9,16-17,19,21,37,41H,4-5,10-15,18H2,(H,31,38). The van der Waals surface area contributed by atoms with Crippen LogP contribution >= 0.6 is 0 Å². The summed E-state index contributed by atoms with van der Waals surface area (Å²) in [6.07, 6.45) is 5.68. The Bertz CT molecular complexity index is 1650. The molecule has 11 heteroatoms. The summed E-state index contributed by atoms with van der Waals surface area (Å²) in [4.78, 5) is 44.3. The highest BCUT2D eigenvalue weighted by Gasteiger charge is 2.39. The number of amides is 2. The van der Waals surface area contributed by atoms with E-state index >= 15 is 0 Å². The Kier molecular flexibility index (Phi) is 7.14. The Labute approximate surface area is 236 Å². The van der Waals surface area contributed by atoms with Crippen molar-refractivity contribution in [3.05, 3.63) is 77.0 Å². The number of piperidine rings is 1. The molecule has 0 spiro atoms. The highest BCUT2D eigenvalue weighted by Crippen LogP contribution is 2.33. The van der Waals surface area contributed by atoms with E-state index in [0.29, 0.717) is 42.5 Å². The largest absolute Gasteiger partial charge is 0.395 e. The maximum atomic E-state index is 13.3. The molecule has 3 heterocycles. The van der Waals surface area contributed by atoms with Gasteiger partial charge >= 0.3 is 0 Å². The summed E-state index contributed by atoms with van der Waals surface area (Å²) >= 11 is 0. The van der Waals surface area contributed by atoms with Crippen molar-refractivity contribution in [1.82, 2.24) is 29.5 Å². The molecule has 1 saturated heterocycles. The van der Waals surface area contributed by atoms with E-state index in [0.717, 1.165) is 29.7 Å². The number of benzene rings is 2. The van der Waals surface area contributed by atoms with Gasteiger partial charge in [-0.15, -0.1) is 0 Å². The quantitative estimate of drug-likeness (QED) is 0.300. The molecule has 0 radical (unpaired) electrons. The lowest BCUT2D eigenvalue weighted by atomic mass is 9.91. The minimum Gasteiger partial charge on any atom is -0.395 e. The Morgan fingerprint density at radius 3 is 2.51 bits per heavy atom. The molecule has 212 valence electrons. The fraction of sp³-hybridized carbons (Fsp3) is 0.367. The van der Waals surface area contributed by atoms with Gasteiger partial charge in [0.1, 0.15) is 11.7 Å². The Balaban J connectivity index is 1.18. The van der Waals surface area contributed by atoms with Gasteiger partial charge in [-0.3, -0.25) is 19.0 Å². The molecule has 41 heavy (non-hydrogen) atoms. The third kappa shape index (κ3) is 5.50. The van der Waals surface area contributed by atoms with Crippen molar-refractivity contribution in [2.75, 3.05) is 26.2 Å². The number of likely N-dealkylation sites (tertiary alicyclic amines) is 1. The van der Waals surface area contributed by atoms with Crippen molar-refractivity contribution in [2.45, 2.75) is 37.8 Å². The summed E-state index contributed by atoms with van der Waals surface area (Å²) in [5, 5.41) is 27.5. The molecule has 0 unspecified atom stereocenters. The third-order valence-corrected chi connectivity index (χ3v) is 7.92. The molecule has 2 amide bonds. The smallest absolute Gasteiger partial charge is 0.264 e. The fourth-order valence-corrected chi connectivity index (χ4v) is 5.36. The molecule has 2 aromatic heterocycles. The van der Waals surface area contributed by atoms with Crippen LogP contribution in [0.5, 0.6) is 0 Å². The van der Waals surface area contributed by atoms with E-state index in [9.17, 15) is 19.5 Å². The predicted molar refractivity (Wildman–Crippen MR) is 151 cm³/mol. The first kappa shape index (κ1) is 26.9. The van der Waals surface area contributed by atoms with E-state index in [1.807, 2.05) is 35.2 Å². The molecule has 6 rings (SSSR count). The van der Waals surface area contributed by atoms with Gasteiger partial charge < -0.3 is 20.4 Å².